The van der Waals surface area contributed by atoms with E-state index in [0.717, 1.165) is 35.8 Å². The Labute approximate surface area is 146 Å². The van der Waals surface area contributed by atoms with Crippen LogP contribution in [0.2, 0.25) is 0 Å². The lowest BCUT2D eigenvalue weighted by molar-refractivity contribution is -0.126. The van der Waals surface area contributed by atoms with E-state index in [1.165, 1.54) is 24.0 Å². The number of nitrogens with zero attached hydrogens (tertiary/aromatic N) is 4. The van der Waals surface area contributed by atoms with Crippen LogP contribution in [0.25, 0.3) is 5.70 Å². The van der Waals surface area contributed by atoms with Gasteiger partial charge in [-0.05, 0) is 37.3 Å². The highest BCUT2D eigenvalue weighted by Gasteiger charge is 2.30. The van der Waals surface area contributed by atoms with E-state index in [9.17, 15) is 4.79 Å². The first-order valence-corrected chi connectivity index (χ1v) is 8.90. The Morgan fingerprint density at radius 3 is 2.96 bits per heavy atom. The fraction of sp³-hybridized carbons (Fsp3) is 0.350. The fourth-order valence-electron chi connectivity index (χ4n) is 3.79. The second kappa shape index (κ2) is 5.41. The van der Waals surface area contributed by atoms with Crippen LogP contribution < -0.4 is 0 Å². The molecule has 126 valence electrons. The van der Waals surface area contributed by atoms with Crippen LogP contribution in [0.3, 0.4) is 0 Å². The van der Waals surface area contributed by atoms with Crippen LogP contribution in [0.5, 0.6) is 0 Å². The van der Waals surface area contributed by atoms with Crippen molar-refractivity contribution in [1.82, 2.24) is 14.5 Å². The zero-order valence-corrected chi connectivity index (χ0v) is 14.3. The molecule has 2 aromatic rings. The van der Waals surface area contributed by atoms with Crippen molar-refractivity contribution in [2.45, 2.75) is 32.1 Å². The van der Waals surface area contributed by atoms with Crippen molar-refractivity contribution in [2.75, 3.05) is 13.1 Å². The molecule has 25 heavy (non-hydrogen) atoms. The van der Waals surface area contributed by atoms with Crippen LogP contribution in [0.1, 0.15) is 41.1 Å². The lowest BCUT2D eigenvalue weighted by Gasteiger charge is -2.31. The van der Waals surface area contributed by atoms with Gasteiger partial charge in [0.1, 0.15) is 18.7 Å². The molecule has 1 aromatic carbocycles. The molecule has 1 aliphatic carbocycles. The van der Waals surface area contributed by atoms with Crippen LogP contribution in [0, 0.1) is 6.92 Å². The lowest BCUT2D eigenvalue weighted by atomic mass is 9.92. The third-order valence-corrected chi connectivity index (χ3v) is 5.37. The Morgan fingerprint density at radius 1 is 1.24 bits per heavy atom. The maximum absolute atomic E-state index is 12.6. The standard InChI is InChI=1S/C20H20N4O/c1-13-3-2-4-16-15(13)7-8-24-18(16)9-19(21-10-20(24)25)23-11-17(22-12-23)14-5-6-14/h2-4,9,11-12,14H,5-8,10H2,1H3. The van der Waals surface area contributed by atoms with E-state index < -0.39 is 0 Å². The second-order valence-corrected chi connectivity index (χ2v) is 7.08. The zero-order chi connectivity index (χ0) is 17.0. The van der Waals surface area contributed by atoms with Gasteiger partial charge in [-0.3, -0.25) is 14.4 Å². The van der Waals surface area contributed by atoms with E-state index in [1.54, 1.807) is 0 Å². The topological polar surface area (TPSA) is 50.5 Å². The molecule has 3 aliphatic rings. The Kier molecular flexibility index (Phi) is 3.17. The minimum absolute atomic E-state index is 0.0657. The lowest BCUT2D eigenvalue weighted by Crippen LogP contribution is -2.36. The van der Waals surface area contributed by atoms with Gasteiger partial charge in [-0.15, -0.1) is 0 Å². The van der Waals surface area contributed by atoms with Crippen molar-refractivity contribution in [3.05, 3.63) is 59.2 Å². The molecule has 3 heterocycles. The normalized spacial score (nSPS) is 19.7. The molecule has 1 amide bonds. The van der Waals surface area contributed by atoms with Crippen molar-refractivity contribution < 1.29 is 4.79 Å². The number of hydrogen-bond donors (Lipinski definition) is 0. The summed E-state index contributed by atoms with van der Waals surface area (Å²) in [5, 5.41) is 0. The molecule has 0 N–H and O–H groups in total. The second-order valence-electron chi connectivity index (χ2n) is 7.08. The largest absolute Gasteiger partial charge is 0.310 e. The van der Waals surface area contributed by atoms with Gasteiger partial charge in [-0.1, -0.05) is 18.2 Å². The summed E-state index contributed by atoms with van der Waals surface area (Å²) in [5.41, 5.74) is 5.87. The highest BCUT2D eigenvalue weighted by Crippen LogP contribution is 2.39. The SMILES string of the molecule is Cc1cccc2c1CCN1C(=O)CN=C(n3cnc(C4CC4)c3)C=C21. The summed E-state index contributed by atoms with van der Waals surface area (Å²) in [7, 11) is 0. The molecule has 2 aliphatic heterocycles. The predicted molar refractivity (Wildman–Crippen MR) is 96.5 cm³/mol. The van der Waals surface area contributed by atoms with Crippen molar-refractivity contribution in [1.29, 1.82) is 0 Å². The van der Waals surface area contributed by atoms with Gasteiger partial charge in [0.2, 0.25) is 5.91 Å². The van der Waals surface area contributed by atoms with Gasteiger partial charge in [-0.2, -0.15) is 0 Å². The van der Waals surface area contributed by atoms with Crippen LogP contribution in [0.4, 0.5) is 0 Å². The zero-order valence-electron chi connectivity index (χ0n) is 14.3. The summed E-state index contributed by atoms with van der Waals surface area (Å²) in [4.78, 5) is 23.6. The molecule has 0 saturated heterocycles. The minimum atomic E-state index is 0.0657. The molecular weight excluding hydrogens is 312 g/mol. The number of hydrogen-bond acceptors (Lipinski definition) is 3. The fourth-order valence-corrected chi connectivity index (χ4v) is 3.79. The van der Waals surface area contributed by atoms with Crippen LogP contribution in [0.15, 0.2) is 41.8 Å². The van der Waals surface area contributed by atoms with E-state index in [1.807, 2.05) is 21.9 Å². The van der Waals surface area contributed by atoms with Gasteiger partial charge in [0.15, 0.2) is 0 Å². The first kappa shape index (κ1) is 14.6. The average Bonchev–Trinajstić information content (AvgIpc) is 3.38. The predicted octanol–water partition coefficient (Wildman–Crippen LogP) is 2.75. The first-order chi connectivity index (χ1) is 12.2. The third kappa shape index (κ3) is 2.42. The maximum atomic E-state index is 12.6. The van der Waals surface area contributed by atoms with Gasteiger partial charge in [0.25, 0.3) is 0 Å². The molecule has 0 bridgehead atoms. The molecule has 5 heteroatoms. The highest BCUT2D eigenvalue weighted by atomic mass is 16.2. The number of allylic oxidation sites excluding steroid dienone is 1. The summed E-state index contributed by atoms with van der Waals surface area (Å²) in [6.07, 6.45) is 9.28. The van der Waals surface area contributed by atoms with E-state index >= 15 is 0 Å². The highest BCUT2D eigenvalue weighted by molar-refractivity contribution is 6.06. The van der Waals surface area contributed by atoms with E-state index in [0.29, 0.717) is 5.92 Å². The van der Waals surface area contributed by atoms with Crippen LogP contribution >= 0.6 is 0 Å². The Hall–Kier alpha value is -2.69. The Bertz CT molecular complexity index is 933. The number of amides is 1. The van der Waals surface area contributed by atoms with Crippen molar-refractivity contribution >= 4 is 17.4 Å². The number of aryl methyl sites for hydroxylation is 1. The molecular formula is C20H20N4O. The van der Waals surface area contributed by atoms with Crippen molar-refractivity contribution in [3.63, 3.8) is 0 Å². The number of imidazole rings is 1. The van der Waals surface area contributed by atoms with Gasteiger partial charge >= 0.3 is 0 Å². The van der Waals surface area contributed by atoms with Gasteiger partial charge in [0.05, 0.1) is 11.4 Å². The van der Waals surface area contributed by atoms with Gasteiger partial charge in [-0.25, -0.2) is 4.98 Å². The van der Waals surface area contributed by atoms with Crippen LogP contribution in [-0.2, 0) is 11.2 Å². The summed E-state index contributed by atoms with van der Waals surface area (Å²) in [5.74, 6) is 1.46. The number of aliphatic imine (C=N–C) groups is 1. The number of carbonyl (C=O) groups is 1. The quantitative estimate of drug-likeness (QED) is 0.806. The van der Waals surface area contributed by atoms with Gasteiger partial charge < -0.3 is 4.90 Å². The molecule has 1 fully saturated rings. The molecule has 0 spiro atoms. The number of rotatable bonds is 1. The number of benzene rings is 1. The van der Waals surface area contributed by atoms with Crippen LogP contribution in [-0.4, -0.2) is 39.3 Å². The molecule has 0 atom stereocenters. The molecule has 0 unspecified atom stereocenters. The smallest absolute Gasteiger partial charge is 0.248 e. The average molecular weight is 332 g/mol. The van der Waals surface area contributed by atoms with E-state index in [4.69, 9.17) is 0 Å². The maximum Gasteiger partial charge on any atom is 0.248 e. The first-order valence-electron chi connectivity index (χ1n) is 8.90. The molecule has 5 nitrogen and oxygen atoms in total. The molecule has 1 saturated carbocycles. The molecule has 5 rings (SSSR count). The van der Waals surface area contributed by atoms with Gasteiger partial charge in [0, 0.05) is 30.3 Å². The molecule has 1 aromatic heterocycles. The summed E-state index contributed by atoms with van der Waals surface area (Å²) < 4.78 is 1.96. The number of carbonyl (C=O) groups excluding carboxylic acids is 1. The van der Waals surface area contributed by atoms with E-state index in [2.05, 4.69) is 41.3 Å². The Balaban J connectivity index is 1.61. The summed E-state index contributed by atoms with van der Waals surface area (Å²) in [6.45, 7) is 3.05. The van der Waals surface area contributed by atoms with Crippen molar-refractivity contribution in [3.8, 4) is 0 Å². The number of aromatic nitrogens is 2. The van der Waals surface area contributed by atoms with E-state index in [-0.39, 0.29) is 12.5 Å². The number of fused-ring (bicyclic) bond motifs is 3. The summed E-state index contributed by atoms with van der Waals surface area (Å²) >= 11 is 0. The molecule has 0 radical (unpaired) electrons. The third-order valence-electron chi connectivity index (χ3n) is 5.37. The summed E-state index contributed by atoms with van der Waals surface area (Å²) in [6, 6.07) is 6.31. The Morgan fingerprint density at radius 2 is 2.12 bits per heavy atom. The van der Waals surface area contributed by atoms with Crippen molar-refractivity contribution in [2.24, 2.45) is 4.99 Å². The minimum Gasteiger partial charge on any atom is -0.310 e. The monoisotopic (exact) mass is 332 g/mol.